The molecule has 0 aliphatic carbocycles. The van der Waals surface area contributed by atoms with E-state index in [1.807, 2.05) is 36.5 Å². The number of carbonyl (C=O) groups excluding carboxylic acids is 2. The number of hydrogen-bond donors (Lipinski definition) is 0. The third-order valence-electron chi connectivity index (χ3n) is 3.77. The lowest BCUT2D eigenvalue weighted by Crippen LogP contribution is -2.09. The molecule has 0 radical (unpaired) electrons. The second kappa shape index (κ2) is 7.57. The number of esters is 1. The number of carbonyl (C=O) groups is 2. The zero-order valence-electron chi connectivity index (χ0n) is 13.9. The van der Waals surface area contributed by atoms with Gasteiger partial charge in [0.2, 0.25) is 0 Å². The van der Waals surface area contributed by atoms with Gasteiger partial charge in [-0.25, -0.2) is 4.68 Å². The molecule has 3 aromatic rings. The Kier molecular flexibility index (Phi) is 5.04. The van der Waals surface area contributed by atoms with Gasteiger partial charge >= 0.3 is 5.97 Å². The monoisotopic (exact) mass is 334 g/mol. The molecule has 0 saturated heterocycles. The Bertz CT molecular complexity index is 867. The summed E-state index contributed by atoms with van der Waals surface area (Å²) in [7, 11) is 0. The first-order chi connectivity index (χ1) is 12.1. The molecule has 0 bridgehead atoms. The zero-order chi connectivity index (χ0) is 17.6. The molecule has 0 aliphatic rings. The molecule has 0 saturated carbocycles. The van der Waals surface area contributed by atoms with Gasteiger partial charge in [0.05, 0.1) is 18.3 Å². The minimum absolute atomic E-state index is 0.0201. The number of ketones is 1. The van der Waals surface area contributed by atoms with Crippen molar-refractivity contribution in [2.45, 2.75) is 19.8 Å². The van der Waals surface area contributed by atoms with E-state index in [1.165, 1.54) is 6.92 Å². The standard InChI is InChI=1S/C20H18N2O3/c1-15(23)17-8-10-19(11-9-17)25-20(24)12-7-16-13-21-22(14-16)18-5-3-2-4-6-18/h2-6,8-11,13-14H,7,12H2,1H3. The van der Waals surface area contributed by atoms with Crippen molar-refractivity contribution in [2.75, 3.05) is 0 Å². The average Bonchev–Trinajstić information content (AvgIpc) is 3.10. The van der Waals surface area contributed by atoms with Gasteiger partial charge in [0.1, 0.15) is 5.75 Å². The van der Waals surface area contributed by atoms with E-state index in [4.69, 9.17) is 4.74 Å². The summed E-state index contributed by atoms with van der Waals surface area (Å²) in [5.41, 5.74) is 2.53. The highest BCUT2D eigenvalue weighted by molar-refractivity contribution is 5.94. The van der Waals surface area contributed by atoms with E-state index in [-0.39, 0.29) is 18.2 Å². The Balaban J connectivity index is 1.54. The molecule has 1 aromatic heterocycles. The molecule has 5 nitrogen and oxygen atoms in total. The summed E-state index contributed by atoms with van der Waals surface area (Å²) < 4.78 is 7.06. The average molecular weight is 334 g/mol. The van der Waals surface area contributed by atoms with Crippen LogP contribution in [0, 0.1) is 0 Å². The summed E-state index contributed by atoms with van der Waals surface area (Å²) in [6, 6.07) is 16.3. The van der Waals surface area contributed by atoms with Crippen molar-refractivity contribution in [1.29, 1.82) is 0 Å². The highest BCUT2D eigenvalue weighted by atomic mass is 16.5. The molecular formula is C20H18N2O3. The van der Waals surface area contributed by atoms with Crippen LogP contribution in [0.1, 0.15) is 29.3 Å². The van der Waals surface area contributed by atoms with Crippen LogP contribution >= 0.6 is 0 Å². The number of hydrogen-bond acceptors (Lipinski definition) is 4. The molecule has 0 aliphatic heterocycles. The van der Waals surface area contributed by atoms with Crippen LogP contribution in [0.15, 0.2) is 67.0 Å². The molecule has 0 N–H and O–H groups in total. The van der Waals surface area contributed by atoms with Crippen LogP contribution < -0.4 is 4.74 Å². The van der Waals surface area contributed by atoms with Gasteiger partial charge in [-0.2, -0.15) is 5.10 Å². The Morgan fingerprint density at radius 2 is 1.76 bits per heavy atom. The third kappa shape index (κ3) is 4.41. The van der Waals surface area contributed by atoms with E-state index in [0.717, 1.165) is 11.3 Å². The maximum absolute atomic E-state index is 12.0. The van der Waals surface area contributed by atoms with Crippen LogP contribution in [-0.2, 0) is 11.2 Å². The van der Waals surface area contributed by atoms with E-state index in [2.05, 4.69) is 5.10 Å². The predicted octanol–water partition coefficient (Wildman–Crippen LogP) is 3.61. The van der Waals surface area contributed by atoms with Crippen molar-refractivity contribution in [2.24, 2.45) is 0 Å². The van der Waals surface area contributed by atoms with Crippen molar-refractivity contribution < 1.29 is 14.3 Å². The van der Waals surface area contributed by atoms with Crippen molar-refractivity contribution in [3.05, 3.63) is 78.1 Å². The first-order valence-corrected chi connectivity index (χ1v) is 8.02. The second-order valence-corrected chi connectivity index (χ2v) is 5.68. The topological polar surface area (TPSA) is 61.2 Å². The van der Waals surface area contributed by atoms with Crippen molar-refractivity contribution in [3.8, 4) is 11.4 Å². The van der Waals surface area contributed by atoms with E-state index in [1.54, 1.807) is 35.1 Å². The van der Waals surface area contributed by atoms with E-state index in [9.17, 15) is 9.59 Å². The summed E-state index contributed by atoms with van der Waals surface area (Å²) in [5.74, 6) is 0.103. The van der Waals surface area contributed by atoms with Crippen molar-refractivity contribution >= 4 is 11.8 Å². The lowest BCUT2D eigenvalue weighted by Gasteiger charge is -2.04. The fraction of sp³-hybridized carbons (Fsp3) is 0.150. The molecule has 0 unspecified atom stereocenters. The number of rotatable bonds is 6. The van der Waals surface area contributed by atoms with E-state index < -0.39 is 0 Å². The van der Waals surface area contributed by atoms with Gasteiger partial charge in [-0.1, -0.05) is 18.2 Å². The van der Waals surface area contributed by atoms with Gasteiger partial charge in [-0.05, 0) is 55.3 Å². The van der Waals surface area contributed by atoms with Gasteiger partial charge < -0.3 is 4.74 Å². The van der Waals surface area contributed by atoms with E-state index in [0.29, 0.717) is 17.7 Å². The number of benzene rings is 2. The third-order valence-corrected chi connectivity index (χ3v) is 3.77. The summed E-state index contributed by atoms with van der Waals surface area (Å²) in [6.07, 6.45) is 4.47. The normalized spacial score (nSPS) is 10.4. The number of para-hydroxylation sites is 1. The van der Waals surface area contributed by atoms with Crippen LogP contribution in [-0.4, -0.2) is 21.5 Å². The fourth-order valence-electron chi connectivity index (χ4n) is 2.40. The molecule has 0 amide bonds. The summed E-state index contributed by atoms with van der Waals surface area (Å²) in [6.45, 7) is 1.50. The highest BCUT2D eigenvalue weighted by Gasteiger charge is 2.08. The second-order valence-electron chi connectivity index (χ2n) is 5.68. The fourth-order valence-corrected chi connectivity index (χ4v) is 2.40. The van der Waals surface area contributed by atoms with Gasteiger partial charge in [0.15, 0.2) is 5.78 Å². The summed E-state index contributed by atoms with van der Waals surface area (Å²) >= 11 is 0. The number of nitrogens with zero attached hydrogens (tertiary/aromatic N) is 2. The van der Waals surface area contributed by atoms with Crippen molar-refractivity contribution in [3.63, 3.8) is 0 Å². The zero-order valence-corrected chi connectivity index (χ0v) is 13.9. The SMILES string of the molecule is CC(=O)c1ccc(OC(=O)CCc2cnn(-c3ccccc3)c2)cc1. The largest absolute Gasteiger partial charge is 0.427 e. The highest BCUT2D eigenvalue weighted by Crippen LogP contribution is 2.14. The molecule has 2 aromatic carbocycles. The molecule has 126 valence electrons. The molecule has 0 fully saturated rings. The Morgan fingerprint density at radius 1 is 1.04 bits per heavy atom. The number of Topliss-reactive ketones (excluding diaryl/α,β-unsaturated/α-hetero) is 1. The molecule has 3 rings (SSSR count). The number of aryl methyl sites for hydroxylation is 1. The predicted molar refractivity (Wildman–Crippen MR) is 94.0 cm³/mol. The quantitative estimate of drug-likeness (QED) is 0.392. The van der Waals surface area contributed by atoms with Crippen LogP contribution in [0.2, 0.25) is 0 Å². The Morgan fingerprint density at radius 3 is 2.44 bits per heavy atom. The summed E-state index contributed by atoms with van der Waals surface area (Å²) in [4.78, 5) is 23.2. The van der Waals surface area contributed by atoms with Crippen LogP contribution in [0.5, 0.6) is 5.75 Å². The minimum Gasteiger partial charge on any atom is -0.427 e. The number of aromatic nitrogens is 2. The Labute approximate surface area is 145 Å². The van der Waals surface area contributed by atoms with Gasteiger partial charge in [-0.15, -0.1) is 0 Å². The maximum atomic E-state index is 12.0. The lowest BCUT2D eigenvalue weighted by atomic mass is 10.1. The van der Waals surface area contributed by atoms with Gasteiger partial charge in [0.25, 0.3) is 0 Å². The number of ether oxygens (including phenoxy) is 1. The molecular weight excluding hydrogens is 316 g/mol. The maximum Gasteiger partial charge on any atom is 0.311 e. The van der Waals surface area contributed by atoms with E-state index >= 15 is 0 Å². The molecule has 1 heterocycles. The molecule has 0 spiro atoms. The van der Waals surface area contributed by atoms with Crippen LogP contribution in [0.4, 0.5) is 0 Å². The van der Waals surface area contributed by atoms with Crippen LogP contribution in [0.25, 0.3) is 5.69 Å². The minimum atomic E-state index is -0.317. The smallest absolute Gasteiger partial charge is 0.311 e. The van der Waals surface area contributed by atoms with Crippen molar-refractivity contribution in [1.82, 2.24) is 9.78 Å². The molecule has 5 heteroatoms. The Hall–Kier alpha value is -3.21. The van der Waals surface area contributed by atoms with Gasteiger partial charge in [-0.3, -0.25) is 9.59 Å². The molecule has 0 atom stereocenters. The first kappa shape index (κ1) is 16.6. The first-order valence-electron chi connectivity index (χ1n) is 8.02. The van der Waals surface area contributed by atoms with Gasteiger partial charge in [0, 0.05) is 11.8 Å². The summed E-state index contributed by atoms with van der Waals surface area (Å²) in [5, 5.41) is 4.31. The molecule has 25 heavy (non-hydrogen) atoms. The lowest BCUT2D eigenvalue weighted by molar-refractivity contribution is -0.134. The van der Waals surface area contributed by atoms with Crippen LogP contribution in [0.3, 0.4) is 0 Å².